The third-order valence-electron chi connectivity index (χ3n) is 5.20. The number of esters is 1. The van der Waals surface area contributed by atoms with Crippen LogP contribution in [0.15, 0.2) is 39.5 Å². The van der Waals surface area contributed by atoms with Crippen molar-refractivity contribution in [1.82, 2.24) is 8.87 Å². The molecule has 1 atom stereocenters. The number of fused-ring (bicyclic) bond motifs is 1. The molecule has 0 aliphatic carbocycles. The number of ether oxygens (including phenoxy) is 1. The van der Waals surface area contributed by atoms with E-state index < -0.39 is 32.9 Å². The fourth-order valence-corrected chi connectivity index (χ4v) is 7.88. The molecule has 1 saturated heterocycles. The van der Waals surface area contributed by atoms with Gasteiger partial charge < -0.3 is 9.30 Å². The zero-order valence-corrected chi connectivity index (χ0v) is 20.7. The van der Waals surface area contributed by atoms with Gasteiger partial charge in [0.05, 0.1) is 26.6 Å². The van der Waals surface area contributed by atoms with E-state index in [1.807, 2.05) is 0 Å². The third-order valence-corrected chi connectivity index (χ3v) is 9.86. The Morgan fingerprint density at radius 2 is 2.06 bits per heavy atom. The largest absolute Gasteiger partial charge is 0.468 e. The number of aromatic nitrogens is 1. The van der Waals surface area contributed by atoms with Crippen molar-refractivity contribution in [2.45, 2.75) is 29.6 Å². The van der Waals surface area contributed by atoms with Crippen LogP contribution in [0.4, 0.5) is 5.69 Å². The van der Waals surface area contributed by atoms with Crippen LogP contribution in [0.5, 0.6) is 0 Å². The van der Waals surface area contributed by atoms with Crippen LogP contribution in [0.25, 0.3) is 10.2 Å². The highest BCUT2D eigenvalue weighted by Crippen LogP contribution is 2.32. The molecule has 1 fully saturated rings. The van der Waals surface area contributed by atoms with E-state index in [9.17, 15) is 28.1 Å². The summed E-state index contributed by atoms with van der Waals surface area (Å²) in [7, 11) is -2.75. The molecule has 34 heavy (non-hydrogen) atoms. The SMILES string of the molecule is COC(=O)Cn1c(=NC(=O)C2CCCN2S(=O)(=O)c2ccc(Cl)s2)sc2ccc([N+](=O)[O-])cc21. The van der Waals surface area contributed by atoms with Crippen molar-refractivity contribution in [2.24, 2.45) is 4.99 Å². The van der Waals surface area contributed by atoms with Crippen molar-refractivity contribution < 1.29 is 27.7 Å². The molecule has 2 aromatic heterocycles. The van der Waals surface area contributed by atoms with Crippen LogP contribution in [-0.2, 0) is 30.9 Å². The summed E-state index contributed by atoms with van der Waals surface area (Å²) in [5.41, 5.74) is 0.143. The molecule has 4 rings (SSSR count). The topological polar surface area (TPSA) is 141 Å². The first-order chi connectivity index (χ1) is 16.1. The fourth-order valence-electron chi connectivity index (χ4n) is 3.60. The number of methoxy groups -OCH3 is 1. The molecule has 1 amide bonds. The normalized spacial score (nSPS) is 17.4. The van der Waals surface area contributed by atoms with Crippen molar-refractivity contribution in [3.63, 3.8) is 0 Å². The number of nitro groups is 1. The number of amides is 1. The van der Waals surface area contributed by atoms with Gasteiger partial charge in [0.25, 0.3) is 21.6 Å². The molecular weight excluding hydrogens is 528 g/mol. The van der Waals surface area contributed by atoms with Gasteiger partial charge in [-0.15, -0.1) is 11.3 Å². The number of thiazole rings is 1. The van der Waals surface area contributed by atoms with Crippen LogP contribution in [0.3, 0.4) is 0 Å². The Kier molecular flexibility index (Phi) is 6.87. The lowest BCUT2D eigenvalue weighted by atomic mass is 10.2. The van der Waals surface area contributed by atoms with E-state index in [2.05, 4.69) is 4.99 Å². The molecule has 1 aliphatic rings. The lowest BCUT2D eigenvalue weighted by Crippen LogP contribution is -2.40. The molecule has 0 radical (unpaired) electrons. The molecule has 0 saturated carbocycles. The maximum absolute atomic E-state index is 13.1. The maximum Gasteiger partial charge on any atom is 0.325 e. The number of carbonyl (C=O) groups is 2. The number of hydrogen-bond donors (Lipinski definition) is 0. The number of nitrogens with zero attached hydrogens (tertiary/aromatic N) is 4. The van der Waals surface area contributed by atoms with Gasteiger partial charge in [-0.25, -0.2) is 8.42 Å². The van der Waals surface area contributed by atoms with Gasteiger partial charge in [0, 0.05) is 18.7 Å². The number of rotatable bonds is 6. The summed E-state index contributed by atoms with van der Waals surface area (Å²) in [6.07, 6.45) is 0.763. The standard InChI is InChI=1S/C19H17ClN4O7S3/c1-31-16(25)10-22-13-9-11(24(27)28)4-5-14(13)32-19(22)21-18(26)12-3-2-8-23(12)34(29,30)17-7-6-15(20)33-17/h4-7,9,12H,2-3,8,10H2,1H3. The minimum atomic E-state index is -3.94. The predicted octanol–water partition coefficient (Wildman–Crippen LogP) is 2.78. The monoisotopic (exact) mass is 544 g/mol. The zero-order chi connectivity index (χ0) is 24.6. The molecule has 3 heterocycles. The second-order valence-electron chi connectivity index (χ2n) is 7.24. The van der Waals surface area contributed by atoms with Crippen molar-refractivity contribution in [2.75, 3.05) is 13.7 Å². The highest BCUT2D eigenvalue weighted by molar-refractivity contribution is 7.91. The van der Waals surface area contributed by atoms with Crippen LogP contribution in [0.1, 0.15) is 12.8 Å². The molecule has 15 heteroatoms. The van der Waals surface area contributed by atoms with Crippen LogP contribution >= 0.6 is 34.3 Å². The molecule has 0 spiro atoms. The number of halogens is 1. The minimum Gasteiger partial charge on any atom is -0.468 e. The van der Waals surface area contributed by atoms with E-state index in [1.165, 1.54) is 42.0 Å². The molecule has 0 bridgehead atoms. The average molecular weight is 545 g/mol. The molecule has 1 aliphatic heterocycles. The van der Waals surface area contributed by atoms with Crippen LogP contribution in [0.2, 0.25) is 4.34 Å². The van der Waals surface area contributed by atoms with E-state index >= 15 is 0 Å². The first kappa shape index (κ1) is 24.5. The number of sulfonamides is 1. The van der Waals surface area contributed by atoms with Gasteiger partial charge >= 0.3 is 5.97 Å². The smallest absolute Gasteiger partial charge is 0.325 e. The molecule has 180 valence electrons. The maximum atomic E-state index is 13.1. The number of non-ortho nitro benzene ring substituents is 1. The lowest BCUT2D eigenvalue weighted by Gasteiger charge is -2.20. The fraction of sp³-hybridized carbons (Fsp3) is 0.316. The van der Waals surface area contributed by atoms with Crippen LogP contribution < -0.4 is 4.80 Å². The number of nitro benzene ring substituents is 1. The second-order valence-corrected chi connectivity index (χ2v) is 12.1. The van der Waals surface area contributed by atoms with Gasteiger partial charge in [-0.05, 0) is 31.0 Å². The van der Waals surface area contributed by atoms with Gasteiger partial charge in [0.2, 0.25) is 0 Å². The van der Waals surface area contributed by atoms with E-state index in [-0.39, 0.29) is 34.2 Å². The highest BCUT2D eigenvalue weighted by atomic mass is 35.5. The van der Waals surface area contributed by atoms with E-state index in [0.717, 1.165) is 27.0 Å². The quantitative estimate of drug-likeness (QED) is 0.264. The minimum absolute atomic E-state index is 0.0344. The van der Waals surface area contributed by atoms with Crippen molar-refractivity contribution in [1.29, 1.82) is 0 Å². The van der Waals surface area contributed by atoms with Gasteiger partial charge in [0.15, 0.2) is 4.80 Å². The van der Waals surface area contributed by atoms with E-state index in [1.54, 1.807) is 0 Å². The second kappa shape index (κ2) is 9.54. The van der Waals surface area contributed by atoms with Gasteiger partial charge in [-0.3, -0.25) is 19.7 Å². The van der Waals surface area contributed by atoms with Crippen molar-refractivity contribution in [3.8, 4) is 0 Å². The van der Waals surface area contributed by atoms with Crippen molar-refractivity contribution in [3.05, 3.63) is 49.6 Å². The third kappa shape index (κ3) is 4.63. The first-order valence-electron chi connectivity index (χ1n) is 9.82. The number of carbonyl (C=O) groups excluding carboxylic acids is 2. The molecular formula is C19H17ClN4O7S3. The van der Waals surface area contributed by atoms with Crippen LogP contribution in [0, 0.1) is 10.1 Å². The number of thiophene rings is 1. The first-order valence-corrected chi connectivity index (χ1v) is 13.3. The van der Waals surface area contributed by atoms with Crippen LogP contribution in [-0.4, -0.2) is 53.8 Å². The summed E-state index contributed by atoms with van der Waals surface area (Å²) in [5.74, 6) is -1.33. The van der Waals surface area contributed by atoms with Gasteiger partial charge in [0.1, 0.15) is 16.8 Å². The van der Waals surface area contributed by atoms with E-state index in [0.29, 0.717) is 21.0 Å². The van der Waals surface area contributed by atoms with Gasteiger partial charge in [-0.1, -0.05) is 22.9 Å². The van der Waals surface area contributed by atoms with Crippen molar-refractivity contribution >= 4 is 72.1 Å². The Morgan fingerprint density at radius 3 is 2.71 bits per heavy atom. The Morgan fingerprint density at radius 1 is 1.29 bits per heavy atom. The summed E-state index contributed by atoms with van der Waals surface area (Å²) in [5, 5.41) is 11.2. The van der Waals surface area contributed by atoms with E-state index in [4.69, 9.17) is 16.3 Å². The summed E-state index contributed by atoms with van der Waals surface area (Å²) in [6, 6.07) is 5.94. The predicted molar refractivity (Wildman–Crippen MR) is 125 cm³/mol. The number of benzene rings is 1. The summed E-state index contributed by atoms with van der Waals surface area (Å²) in [6.45, 7) is -0.172. The summed E-state index contributed by atoms with van der Waals surface area (Å²) < 4.78 is 34.2. The highest BCUT2D eigenvalue weighted by Gasteiger charge is 2.40. The Labute approximate surface area is 206 Å². The Balaban J connectivity index is 1.76. The summed E-state index contributed by atoms with van der Waals surface area (Å²) >= 11 is 7.85. The lowest BCUT2D eigenvalue weighted by molar-refractivity contribution is -0.384. The summed E-state index contributed by atoms with van der Waals surface area (Å²) in [4.78, 5) is 40.0. The molecule has 1 aromatic carbocycles. The molecule has 0 N–H and O–H groups in total. The molecule has 1 unspecified atom stereocenters. The number of hydrogen-bond acceptors (Lipinski definition) is 9. The zero-order valence-electron chi connectivity index (χ0n) is 17.5. The van der Waals surface area contributed by atoms with Gasteiger partial charge in [-0.2, -0.15) is 9.30 Å². The molecule has 3 aromatic rings. The molecule has 11 nitrogen and oxygen atoms in total. The average Bonchev–Trinajstić information content (AvgIpc) is 3.53. The Hall–Kier alpha value is -2.65. The Bertz CT molecular complexity index is 1470.